The van der Waals surface area contributed by atoms with Crippen LogP contribution in [0, 0.1) is 16.7 Å². The fourth-order valence-electron chi connectivity index (χ4n) is 11.1. The molecule has 2 amide bonds. The van der Waals surface area contributed by atoms with E-state index in [1.54, 1.807) is 66.7 Å². The molecule has 3 aromatic rings. The highest BCUT2D eigenvalue weighted by Crippen LogP contribution is 2.64. The van der Waals surface area contributed by atoms with Crippen molar-refractivity contribution in [1.82, 2.24) is 10.2 Å². The summed E-state index contributed by atoms with van der Waals surface area (Å²) in [5.41, 5.74) is -7.81. The van der Waals surface area contributed by atoms with E-state index in [9.17, 15) is 43.8 Å². The maximum atomic E-state index is 15.7. The van der Waals surface area contributed by atoms with Crippen LogP contribution < -0.4 is 5.32 Å². The van der Waals surface area contributed by atoms with E-state index >= 15 is 9.59 Å². The van der Waals surface area contributed by atoms with Crippen molar-refractivity contribution in [3.05, 3.63) is 119 Å². The van der Waals surface area contributed by atoms with Crippen molar-refractivity contribution in [2.75, 3.05) is 20.2 Å². The zero-order valence-electron chi connectivity index (χ0n) is 41.6. The van der Waals surface area contributed by atoms with Crippen LogP contribution in [0.2, 0.25) is 0 Å². The third-order valence-electron chi connectivity index (χ3n) is 15.0. The Labute approximate surface area is 421 Å². The predicted octanol–water partition coefficient (Wildman–Crippen LogP) is 3.72. The van der Waals surface area contributed by atoms with E-state index in [-0.39, 0.29) is 53.7 Å². The molecule has 3 N–H and O–H groups in total. The lowest BCUT2D eigenvalue weighted by Crippen LogP contribution is -2.82. The molecule has 73 heavy (non-hydrogen) atoms. The van der Waals surface area contributed by atoms with E-state index in [1.807, 2.05) is 0 Å². The monoisotopic (exact) mass is 1010 g/mol. The first-order chi connectivity index (χ1) is 34.5. The first-order valence-electron chi connectivity index (χ1n) is 23.9. The molecule has 1 heterocycles. The van der Waals surface area contributed by atoms with Crippen molar-refractivity contribution in [3.63, 3.8) is 0 Å². The summed E-state index contributed by atoms with van der Waals surface area (Å²) in [4.78, 5) is 125. The van der Waals surface area contributed by atoms with Crippen LogP contribution in [0.4, 0.5) is 0 Å². The number of hydrogen-bond acceptors (Lipinski definition) is 17. The number of rotatable bonds is 16. The van der Waals surface area contributed by atoms with Crippen LogP contribution in [0.15, 0.2) is 102 Å². The number of nitrogens with one attached hydrogen (secondary N) is 1. The number of carbonyl (C=O) groups is 9. The number of ketones is 1. The molecule has 0 unspecified atom stereocenters. The van der Waals surface area contributed by atoms with Crippen LogP contribution in [-0.4, -0.2) is 137 Å². The number of aliphatic hydroxyl groups excluding tert-OH is 1. The molecule has 1 aliphatic heterocycles. The Balaban J connectivity index is 1.41. The molecule has 0 spiro atoms. The summed E-state index contributed by atoms with van der Waals surface area (Å²) in [6.07, 6.45) is -11.0. The maximum Gasteiger partial charge on any atom is 0.350 e. The number of Topliss-reactive ketones (excluding diaryl/α,β-unsaturated/α-hetero) is 1. The van der Waals surface area contributed by atoms with Gasteiger partial charge in [0.1, 0.15) is 42.8 Å². The summed E-state index contributed by atoms with van der Waals surface area (Å²) in [5.74, 6) is -9.02. The van der Waals surface area contributed by atoms with Gasteiger partial charge in [-0.2, -0.15) is 0 Å². The summed E-state index contributed by atoms with van der Waals surface area (Å²) in [5, 5.41) is 28.9. The van der Waals surface area contributed by atoms with Gasteiger partial charge in [-0.3, -0.25) is 28.8 Å². The number of benzene rings is 3. The zero-order chi connectivity index (χ0) is 53.2. The van der Waals surface area contributed by atoms with Crippen molar-refractivity contribution in [2.45, 2.75) is 121 Å². The molecule has 19 nitrogen and oxygen atoms in total. The average molecular weight is 1010 g/mol. The number of esters is 5. The van der Waals surface area contributed by atoms with Crippen molar-refractivity contribution in [2.24, 2.45) is 16.7 Å². The molecular formula is C54H60N2O17. The second-order valence-electron chi connectivity index (χ2n) is 19.8. The SMILES string of the molecule is CC(=O)O[C@H]1C(=O)[C@@]2(C)[C@H]([C@H](OC(=O)c3ccccc3)[C@]3(O)C[C@H](OC(=O)[C@H](OC(=O)CN(C)C(=O)CCC=O)[C@@H](NC(=O)c4ccccc4)c4ccccc4)C(C)=C1C3(C)C)[C@]1(OC(C)=O)CO[C@@H]1C[C@@H]2O. The van der Waals surface area contributed by atoms with Gasteiger partial charge in [0, 0.05) is 57.6 Å². The van der Waals surface area contributed by atoms with Gasteiger partial charge in [-0.25, -0.2) is 9.59 Å². The molecule has 1 saturated heterocycles. The molecule has 0 radical (unpaired) electrons. The molecule has 0 aromatic heterocycles. The minimum absolute atomic E-state index is 0.0204. The fourth-order valence-corrected chi connectivity index (χ4v) is 11.1. The molecule has 2 bridgehead atoms. The van der Waals surface area contributed by atoms with Gasteiger partial charge in [0.25, 0.3) is 5.91 Å². The van der Waals surface area contributed by atoms with E-state index in [0.29, 0.717) is 6.29 Å². The van der Waals surface area contributed by atoms with Crippen LogP contribution in [0.25, 0.3) is 0 Å². The maximum absolute atomic E-state index is 15.7. The highest BCUT2D eigenvalue weighted by atomic mass is 16.6. The van der Waals surface area contributed by atoms with Gasteiger partial charge in [-0.05, 0) is 54.8 Å². The number of ether oxygens (including phenoxy) is 6. The molecule has 11 atom stereocenters. The Morgan fingerprint density at radius 1 is 0.863 bits per heavy atom. The average Bonchev–Trinajstić information content (AvgIpc) is 3.35. The molecule has 19 heteroatoms. The van der Waals surface area contributed by atoms with Gasteiger partial charge in [-0.15, -0.1) is 0 Å². The smallest absolute Gasteiger partial charge is 0.350 e. The highest BCUT2D eigenvalue weighted by Gasteiger charge is 2.78. The van der Waals surface area contributed by atoms with Gasteiger partial charge >= 0.3 is 29.8 Å². The number of amides is 2. The van der Waals surface area contributed by atoms with Crippen LogP contribution in [-0.2, 0) is 62.0 Å². The second-order valence-corrected chi connectivity index (χ2v) is 19.8. The van der Waals surface area contributed by atoms with Crippen molar-refractivity contribution in [1.29, 1.82) is 0 Å². The third-order valence-corrected chi connectivity index (χ3v) is 15.0. The van der Waals surface area contributed by atoms with E-state index in [0.717, 1.165) is 18.7 Å². The van der Waals surface area contributed by atoms with Crippen LogP contribution in [0.5, 0.6) is 0 Å². The molecule has 3 aromatic carbocycles. The fraction of sp³-hybridized carbons (Fsp3) is 0.463. The number of aldehydes is 1. The van der Waals surface area contributed by atoms with Gasteiger partial charge < -0.3 is 53.6 Å². The van der Waals surface area contributed by atoms with E-state index in [2.05, 4.69) is 5.32 Å². The van der Waals surface area contributed by atoms with Crippen LogP contribution in [0.1, 0.15) is 99.5 Å². The molecule has 3 fully saturated rings. The first-order valence-corrected chi connectivity index (χ1v) is 23.9. The third kappa shape index (κ3) is 10.0. The molecule has 388 valence electrons. The number of nitrogens with zero attached hydrogens (tertiary/aromatic N) is 1. The number of hydrogen-bond donors (Lipinski definition) is 3. The topological polar surface area (TPSA) is 265 Å². The summed E-state index contributed by atoms with van der Waals surface area (Å²) in [6.45, 7) is 6.99. The Kier molecular flexibility index (Phi) is 15.6. The van der Waals surface area contributed by atoms with Crippen molar-refractivity contribution < 1.29 is 81.8 Å². The quantitative estimate of drug-likeness (QED) is 0.0799. The van der Waals surface area contributed by atoms with Gasteiger partial charge in [0.15, 0.2) is 17.5 Å². The van der Waals surface area contributed by atoms with E-state index < -0.39 is 131 Å². The van der Waals surface area contributed by atoms with E-state index in [1.165, 1.54) is 59.0 Å². The summed E-state index contributed by atoms with van der Waals surface area (Å²) in [7, 11) is 1.29. The number of carbonyl (C=O) groups excluding carboxylic acids is 9. The molecule has 7 rings (SSSR count). The largest absolute Gasteiger partial charge is 0.455 e. The molecular weight excluding hydrogens is 949 g/mol. The molecule has 4 aliphatic rings. The van der Waals surface area contributed by atoms with Gasteiger partial charge in [0.2, 0.25) is 12.0 Å². The highest BCUT2D eigenvalue weighted by molar-refractivity contribution is 5.96. The first kappa shape index (κ1) is 53.7. The predicted molar refractivity (Wildman–Crippen MR) is 254 cm³/mol. The Bertz CT molecular complexity index is 2680. The zero-order valence-corrected chi connectivity index (χ0v) is 41.6. The second kappa shape index (κ2) is 21.2. The van der Waals surface area contributed by atoms with Crippen molar-refractivity contribution >= 4 is 53.7 Å². The van der Waals surface area contributed by atoms with Gasteiger partial charge in [0.05, 0.1) is 29.6 Å². The summed E-state index contributed by atoms with van der Waals surface area (Å²) >= 11 is 0. The molecule has 3 aliphatic carbocycles. The van der Waals surface area contributed by atoms with Gasteiger partial charge in [-0.1, -0.05) is 80.6 Å². The summed E-state index contributed by atoms with van der Waals surface area (Å²) < 4.78 is 36.6. The Morgan fingerprint density at radius 3 is 2.03 bits per heavy atom. The van der Waals surface area contributed by atoms with Crippen LogP contribution >= 0.6 is 0 Å². The normalized spacial score (nSPS) is 28.6. The summed E-state index contributed by atoms with van der Waals surface area (Å²) in [6, 6.07) is 22.2. The van der Waals surface area contributed by atoms with Crippen LogP contribution in [0.3, 0.4) is 0 Å². The minimum atomic E-state index is -2.51. The number of fused-ring (bicyclic) bond motifs is 5. The lowest BCUT2D eigenvalue weighted by molar-refractivity contribution is -0.346. The van der Waals surface area contributed by atoms with E-state index in [4.69, 9.17) is 28.4 Å². The lowest BCUT2D eigenvalue weighted by atomic mass is 9.44. The minimum Gasteiger partial charge on any atom is -0.455 e. The molecule has 2 saturated carbocycles. The Hall–Kier alpha value is -7.09. The number of likely N-dealkylation sites (N-methyl/N-ethyl adjacent to an activating group) is 1. The number of aliphatic hydroxyl groups is 2. The van der Waals surface area contributed by atoms with Crippen molar-refractivity contribution in [3.8, 4) is 0 Å². The Morgan fingerprint density at radius 2 is 1.47 bits per heavy atom. The lowest BCUT2D eigenvalue weighted by Gasteiger charge is -2.67. The standard InChI is InChI=1S/C54H60N2O17/c1-30-36(70-50(66)44(71-40(62)28-56(7)39(61)24-17-25-57)42(33-18-11-8-12-19-33)55-48(64)34-20-13-9-14-21-34)27-54(67)47(72-49(65)35-22-15-10-16-23-35)45-52(6,37(60)26-38-53(45,29-68-38)73-32(3)59)46(63)43(69-31(2)58)41(30)51(54,4)5/h8-16,18-23,25,36-38,42-45,47,60,67H,17,24,26-29H2,1-7H3,(H,55,64)/t36-,37-,38+,42-,43+,44+,45-,47-,52+,53-,54+/m0/s1.